The maximum Gasteiger partial charge on any atom is 0.123 e. The maximum atomic E-state index is 12.6. The quantitative estimate of drug-likeness (QED) is 0.448. The van der Waals surface area contributed by atoms with Gasteiger partial charge in [-0.2, -0.15) is 5.26 Å². The summed E-state index contributed by atoms with van der Waals surface area (Å²) in [5.41, 5.74) is 11.7. The van der Waals surface area contributed by atoms with Crippen LogP contribution in [0.1, 0.15) is 5.56 Å². The number of hydrogen-bond donors (Lipinski definition) is 2. The van der Waals surface area contributed by atoms with Gasteiger partial charge in [-0.3, -0.25) is 0 Å². The molecule has 0 unspecified atom stereocenters. The lowest BCUT2D eigenvalue weighted by molar-refractivity contribution is 0.627. The van der Waals surface area contributed by atoms with Crippen molar-refractivity contribution in [3.05, 3.63) is 41.2 Å². The Kier molecular flexibility index (Phi) is 3.37. The summed E-state index contributed by atoms with van der Waals surface area (Å²) < 4.78 is 12.6. The van der Waals surface area contributed by atoms with Crippen LogP contribution in [-0.2, 0) is 0 Å². The molecule has 1 aromatic rings. The molecule has 5 heteroatoms. The van der Waals surface area contributed by atoms with Crippen LogP contribution in [-0.4, -0.2) is 4.99 Å². The summed E-state index contributed by atoms with van der Waals surface area (Å²) in [6.45, 7) is 0. The minimum atomic E-state index is -0.375. The van der Waals surface area contributed by atoms with Gasteiger partial charge < -0.3 is 11.5 Å². The molecule has 0 heterocycles. The van der Waals surface area contributed by atoms with E-state index in [2.05, 4.69) is 12.2 Å². The highest BCUT2D eigenvalue weighted by atomic mass is 32.1. The van der Waals surface area contributed by atoms with E-state index in [1.165, 1.54) is 24.3 Å². The van der Waals surface area contributed by atoms with Gasteiger partial charge in [0.05, 0.1) is 5.70 Å². The minimum absolute atomic E-state index is 0.0385. The van der Waals surface area contributed by atoms with Gasteiger partial charge in [-0.1, -0.05) is 12.2 Å². The zero-order chi connectivity index (χ0) is 11.4. The highest BCUT2D eigenvalue weighted by Crippen LogP contribution is 2.14. The third-order valence-electron chi connectivity index (χ3n) is 1.78. The fourth-order valence-electron chi connectivity index (χ4n) is 1.02. The van der Waals surface area contributed by atoms with Gasteiger partial charge in [0.2, 0.25) is 0 Å². The second-order valence-corrected chi connectivity index (χ2v) is 3.21. The molecular weight excluding hydrogens is 213 g/mol. The van der Waals surface area contributed by atoms with Crippen molar-refractivity contribution in [2.45, 2.75) is 0 Å². The summed E-state index contributed by atoms with van der Waals surface area (Å²) >= 11 is 4.66. The van der Waals surface area contributed by atoms with Crippen molar-refractivity contribution in [2.24, 2.45) is 11.5 Å². The number of hydrogen-bond acceptors (Lipinski definition) is 3. The van der Waals surface area contributed by atoms with Crippen LogP contribution < -0.4 is 11.5 Å². The van der Waals surface area contributed by atoms with Gasteiger partial charge >= 0.3 is 0 Å². The summed E-state index contributed by atoms with van der Waals surface area (Å²) in [5, 5.41) is 8.75. The standard InChI is InChI=1S/C10H8FN3S/c11-7-3-1-6(2-4-7)9(13)8(5-12)10(14)15/h1-4H,13H2,(H2,14,15)/b9-8+. The van der Waals surface area contributed by atoms with Gasteiger partial charge in [0.1, 0.15) is 22.4 Å². The van der Waals surface area contributed by atoms with Crippen molar-refractivity contribution in [3.8, 4) is 6.07 Å². The Balaban J connectivity index is 3.24. The van der Waals surface area contributed by atoms with Crippen LogP contribution in [0.25, 0.3) is 5.70 Å². The highest BCUT2D eigenvalue weighted by molar-refractivity contribution is 7.80. The normalized spacial score (nSPS) is 11.5. The molecule has 1 rings (SSSR count). The van der Waals surface area contributed by atoms with Gasteiger partial charge in [-0.25, -0.2) is 4.39 Å². The molecule has 0 radical (unpaired) electrons. The Bertz CT molecular complexity index is 457. The molecule has 0 aliphatic heterocycles. The number of benzene rings is 1. The molecule has 0 spiro atoms. The van der Waals surface area contributed by atoms with Crippen LogP contribution in [0.2, 0.25) is 0 Å². The molecule has 0 aliphatic carbocycles. The average Bonchev–Trinajstić information content (AvgIpc) is 2.19. The number of nitrogens with zero attached hydrogens (tertiary/aromatic N) is 1. The molecule has 1 aromatic carbocycles. The van der Waals surface area contributed by atoms with Gasteiger partial charge in [0.15, 0.2) is 0 Å². The molecule has 76 valence electrons. The third-order valence-corrected chi connectivity index (χ3v) is 1.99. The first-order valence-electron chi connectivity index (χ1n) is 4.02. The van der Waals surface area contributed by atoms with E-state index in [0.29, 0.717) is 5.56 Å². The van der Waals surface area contributed by atoms with Gasteiger partial charge in [-0.15, -0.1) is 0 Å². The largest absolute Gasteiger partial charge is 0.397 e. The number of thiocarbonyl (C=S) groups is 1. The Morgan fingerprint density at radius 2 is 1.80 bits per heavy atom. The fraction of sp³-hybridized carbons (Fsp3) is 0. The Morgan fingerprint density at radius 1 is 1.27 bits per heavy atom. The molecule has 0 amide bonds. The van der Waals surface area contributed by atoms with E-state index < -0.39 is 0 Å². The fourth-order valence-corrected chi connectivity index (χ4v) is 1.18. The molecule has 4 N–H and O–H groups in total. The number of nitrogens with two attached hydrogens (primary N) is 2. The second kappa shape index (κ2) is 4.53. The summed E-state index contributed by atoms with van der Waals surface area (Å²) in [6.07, 6.45) is 0. The highest BCUT2D eigenvalue weighted by Gasteiger charge is 2.07. The number of halogens is 1. The molecule has 3 nitrogen and oxygen atoms in total. The molecule has 0 saturated carbocycles. The van der Waals surface area contributed by atoms with E-state index in [9.17, 15) is 4.39 Å². The lowest BCUT2D eigenvalue weighted by Gasteiger charge is -2.04. The van der Waals surface area contributed by atoms with Crippen LogP contribution in [0.15, 0.2) is 29.8 Å². The monoisotopic (exact) mass is 221 g/mol. The van der Waals surface area contributed by atoms with Gasteiger partial charge in [-0.05, 0) is 29.8 Å². The van der Waals surface area contributed by atoms with Crippen molar-refractivity contribution in [2.75, 3.05) is 0 Å². The van der Waals surface area contributed by atoms with E-state index in [1.807, 2.05) is 6.07 Å². The lowest BCUT2D eigenvalue weighted by Crippen LogP contribution is -2.15. The zero-order valence-electron chi connectivity index (χ0n) is 7.70. The molecule has 0 aliphatic rings. The van der Waals surface area contributed by atoms with E-state index >= 15 is 0 Å². The van der Waals surface area contributed by atoms with Crippen LogP contribution in [0, 0.1) is 17.1 Å². The van der Waals surface area contributed by atoms with Crippen LogP contribution in [0.3, 0.4) is 0 Å². The minimum Gasteiger partial charge on any atom is -0.397 e. The van der Waals surface area contributed by atoms with Crippen molar-refractivity contribution in [1.29, 1.82) is 5.26 Å². The summed E-state index contributed by atoms with van der Waals surface area (Å²) in [4.78, 5) is -0.0701. The summed E-state index contributed by atoms with van der Waals surface area (Å²) in [7, 11) is 0. The first-order valence-corrected chi connectivity index (χ1v) is 4.42. The second-order valence-electron chi connectivity index (χ2n) is 2.77. The average molecular weight is 221 g/mol. The number of rotatable bonds is 2. The van der Waals surface area contributed by atoms with E-state index in [1.54, 1.807) is 0 Å². The first kappa shape index (κ1) is 11.1. The first-order chi connectivity index (χ1) is 7.06. The molecule has 0 bridgehead atoms. The molecular formula is C10H8FN3S. The Hall–Kier alpha value is -1.93. The van der Waals surface area contributed by atoms with Gasteiger partial charge in [0.25, 0.3) is 0 Å². The van der Waals surface area contributed by atoms with Crippen molar-refractivity contribution in [1.82, 2.24) is 0 Å². The lowest BCUT2D eigenvalue weighted by atomic mass is 10.1. The van der Waals surface area contributed by atoms with Crippen LogP contribution in [0.5, 0.6) is 0 Å². The van der Waals surface area contributed by atoms with Gasteiger partial charge in [0, 0.05) is 0 Å². The van der Waals surface area contributed by atoms with Crippen LogP contribution >= 0.6 is 12.2 Å². The van der Waals surface area contributed by atoms with Crippen LogP contribution in [0.4, 0.5) is 4.39 Å². The van der Waals surface area contributed by atoms with E-state index in [4.69, 9.17) is 16.7 Å². The number of nitriles is 1. The predicted molar refractivity (Wildman–Crippen MR) is 59.9 cm³/mol. The summed E-state index contributed by atoms with van der Waals surface area (Å²) in [6, 6.07) is 7.22. The smallest absolute Gasteiger partial charge is 0.123 e. The van der Waals surface area contributed by atoms with Crippen molar-refractivity contribution in [3.63, 3.8) is 0 Å². The molecule has 0 saturated heterocycles. The Morgan fingerprint density at radius 3 is 2.20 bits per heavy atom. The maximum absolute atomic E-state index is 12.6. The summed E-state index contributed by atoms with van der Waals surface area (Å²) in [5.74, 6) is -0.375. The SMILES string of the molecule is N#C/C(C(N)=S)=C(\N)c1ccc(F)cc1. The molecule has 0 aromatic heterocycles. The van der Waals surface area contributed by atoms with Crippen molar-refractivity contribution < 1.29 is 4.39 Å². The third kappa shape index (κ3) is 2.51. The topological polar surface area (TPSA) is 75.8 Å². The predicted octanol–water partition coefficient (Wildman–Crippen LogP) is 1.31. The molecule has 15 heavy (non-hydrogen) atoms. The van der Waals surface area contributed by atoms with E-state index in [0.717, 1.165) is 0 Å². The zero-order valence-corrected chi connectivity index (χ0v) is 8.51. The van der Waals surface area contributed by atoms with Crippen molar-refractivity contribution >= 4 is 22.9 Å². The van der Waals surface area contributed by atoms with E-state index in [-0.39, 0.29) is 22.1 Å². The Labute approximate surface area is 91.8 Å². The molecule has 0 fully saturated rings. The molecule has 0 atom stereocenters.